The van der Waals surface area contributed by atoms with E-state index in [4.69, 9.17) is 5.73 Å². The summed E-state index contributed by atoms with van der Waals surface area (Å²) in [7, 11) is 2.20. The smallest absolute Gasteiger partial charge is 0.00212 e. The molecule has 0 aliphatic carbocycles. The van der Waals surface area contributed by atoms with E-state index in [0.29, 0.717) is 11.8 Å². The lowest BCUT2D eigenvalue weighted by Crippen LogP contribution is -2.34. The van der Waals surface area contributed by atoms with Crippen molar-refractivity contribution in [2.75, 3.05) is 26.7 Å². The van der Waals surface area contributed by atoms with E-state index in [2.05, 4.69) is 57.0 Å². The summed E-state index contributed by atoms with van der Waals surface area (Å²) in [6.07, 6.45) is 1.12. The number of nitrogens with two attached hydrogens (primary N) is 1. The van der Waals surface area contributed by atoms with E-state index >= 15 is 0 Å². The predicted octanol–water partition coefficient (Wildman–Crippen LogP) is 2.70. The molecule has 0 spiro atoms. The Labute approximate surface area is 112 Å². The molecule has 1 atom stereocenters. The molecule has 2 nitrogen and oxygen atoms in total. The lowest BCUT2D eigenvalue weighted by molar-refractivity contribution is 0.242. The molecule has 18 heavy (non-hydrogen) atoms. The summed E-state index contributed by atoms with van der Waals surface area (Å²) in [5, 5.41) is 0. The predicted molar refractivity (Wildman–Crippen MR) is 79.8 cm³/mol. The fourth-order valence-electron chi connectivity index (χ4n) is 2.24. The van der Waals surface area contributed by atoms with E-state index in [-0.39, 0.29) is 0 Å². The van der Waals surface area contributed by atoms with Crippen LogP contribution in [0.2, 0.25) is 0 Å². The average Bonchev–Trinajstić information content (AvgIpc) is 2.33. The fraction of sp³-hybridized carbons (Fsp3) is 0.625. The van der Waals surface area contributed by atoms with Gasteiger partial charge in [0.1, 0.15) is 0 Å². The molecule has 0 saturated heterocycles. The molecule has 0 aliphatic rings. The van der Waals surface area contributed by atoms with Crippen molar-refractivity contribution in [3.63, 3.8) is 0 Å². The Kier molecular flexibility index (Phi) is 6.37. The summed E-state index contributed by atoms with van der Waals surface area (Å²) in [5.74, 6) is 1.27. The van der Waals surface area contributed by atoms with Gasteiger partial charge in [-0.1, -0.05) is 43.7 Å². The first-order valence-electron chi connectivity index (χ1n) is 6.97. The van der Waals surface area contributed by atoms with Gasteiger partial charge in [-0.3, -0.25) is 0 Å². The standard InChI is InChI=1S/C16H28N2/c1-13(2)16(11-17)12-18(4)9-8-15-7-5-6-14(3)10-15/h5-7,10,13,16H,8-9,11-12,17H2,1-4H3. The van der Waals surface area contributed by atoms with Crippen LogP contribution in [0.3, 0.4) is 0 Å². The van der Waals surface area contributed by atoms with Crippen LogP contribution in [0, 0.1) is 18.8 Å². The van der Waals surface area contributed by atoms with Crippen LogP contribution in [0.25, 0.3) is 0 Å². The van der Waals surface area contributed by atoms with Crippen LogP contribution in [-0.2, 0) is 6.42 Å². The molecule has 0 saturated carbocycles. The zero-order chi connectivity index (χ0) is 13.5. The molecule has 1 rings (SSSR count). The molecule has 1 unspecified atom stereocenters. The van der Waals surface area contributed by atoms with Crippen LogP contribution >= 0.6 is 0 Å². The first-order chi connectivity index (χ1) is 8.52. The minimum Gasteiger partial charge on any atom is -0.330 e. The van der Waals surface area contributed by atoms with Crippen molar-refractivity contribution in [1.82, 2.24) is 4.90 Å². The third-order valence-electron chi connectivity index (χ3n) is 3.66. The molecule has 0 aliphatic heterocycles. The zero-order valence-electron chi connectivity index (χ0n) is 12.3. The summed E-state index contributed by atoms with van der Waals surface area (Å²) < 4.78 is 0. The number of rotatable bonds is 7. The molecule has 102 valence electrons. The normalized spacial score (nSPS) is 13.3. The SMILES string of the molecule is Cc1cccc(CCN(C)CC(CN)C(C)C)c1. The van der Waals surface area contributed by atoms with Crippen LogP contribution in [-0.4, -0.2) is 31.6 Å². The number of hydrogen-bond donors (Lipinski definition) is 1. The van der Waals surface area contributed by atoms with E-state index in [1.165, 1.54) is 11.1 Å². The van der Waals surface area contributed by atoms with Gasteiger partial charge < -0.3 is 10.6 Å². The number of benzene rings is 1. The Morgan fingerprint density at radius 3 is 2.56 bits per heavy atom. The topological polar surface area (TPSA) is 29.3 Å². The highest BCUT2D eigenvalue weighted by molar-refractivity contribution is 5.22. The summed E-state index contributed by atoms with van der Waals surface area (Å²) in [6.45, 7) is 9.65. The molecule has 0 radical (unpaired) electrons. The highest BCUT2D eigenvalue weighted by atomic mass is 15.1. The van der Waals surface area contributed by atoms with E-state index in [1.807, 2.05) is 0 Å². The van der Waals surface area contributed by atoms with E-state index in [1.54, 1.807) is 0 Å². The van der Waals surface area contributed by atoms with Crippen molar-refractivity contribution in [3.05, 3.63) is 35.4 Å². The highest BCUT2D eigenvalue weighted by Crippen LogP contribution is 2.11. The van der Waals surface area contributed by atoms with E-state index in [9.17, 15) is 0 Å². The Morgan fingerprint density at radius 1 is 1.28 bits per heavy atom. The Balaban J connectivity index is 2.39. The second-order valence-corrected chi connectivity index (χ2v) is 5.74. The Morgan fingerprint density at radius 2 is 2.00 bits per heavy atom. The van der Waals surface area contributed by atoms with Gasteiger partial charge in [0.05, 0.1) is 0 Å². The van der Waals surface area contributed by atoms with Crippen LogP contribution in [0.5, 0.6) is 0 Å². The molecule has 2 N–H and O–H groups in total. The van der Waals surface area contributed by atoms with Crippen molar-refractivity contribution in [1.29, 1.82) is 0 Å². The quantitative estimate of drug-likeness (QED) is 0.804. The number of aryl methyl sites for hydroxylation is 1. The molecule has 0 bridgehead atoms. The molecule has 0 fully saturated rings. The van der Waals surface area contributed by atoms with Crippen LogP contribution < -0.4 is 5.73 Å². The average molecular weight is 248 g/mol. The highest BCUT2D eigenvalue weighted by Gasteiger charge is 2.13. The first kappa shape index (κ1) is 15.2. The summed E-state index contributed by atoms with van der Waals surface area (Å²) >= 11 is 0. The van der Waals surface area contributed by atoms with Gasteiger partial charge in [-0.25, -0.2) is 0 Å². The monoisotopic (exact) mass is 248 g/mol. The maximum atomic E-state index is 5.82. The number of hydrogen-bond acceptors (Lipinski definition) is 2. The third kappa shape index (κ3) is 5.19. The minimum atomic E-state index is 0.604. The number of nitrogens with zero attached hydrogens (tertiary/aromatic N) is 1. The molecule has 1 aromatic rings. The molecule has 0 aromatic heterocycles. The van der Waals surface area contributed by atoms with Crippen molar-refractivity contribution in [3.8, 4) is 0 Å². The van der Waals surface area contributed by atoms with Gasteiger partial charge >= 0.3 is 0 Å². The molecule has 2 heteroatoms. The van der Waals surface area contributed by atoms with Crippen LogP contribution in [0.4, 0.5) is 0 Å². The molecule has 0 heterocycles. The van der Waals surface area contributed by atoms with Crippen molar-refractivity contribution >= 4 is 0 Å². The Bertz CT molecular complexity index is 347. The zero-order valence-corrected chi connectivity index (χ0v) is 12.3. The summed E-state index contributed by atoms with van der Waals surface area (Å²) in [4.78, 5) is 2.40. The van der Waals surface area contributed by atoms with Gasteiger partial charge in [0.25, 0.3) is 0 Å². The number of likely N-dealkylation sites (N-methyl/N-ethyl adjacent to an activating group) is 1. The third-order valence-corrected chi connectivity index (χ3v) is 3.66. The lowest BCUT2D eigenvalue weighted by atomic mass is 9.95. The molecule has 1 aromatic carbocycles. The van der Waals surface area contributed by atoms with Gasteiger partial charge in [-0.15, -0.1) is 0 Å². The molecular formula is C16H28N2. The van der Waals surface area contributed by atoms with Gasteiger partial charge in [0, 0.05) is 13.1 Å². The maximum absolute atomic E-state index is 5.82. The van der Waals surface area contributed by atoms with Crippen molar-refractivity contribution in [2.24, 2.45) is 17.6 Å². The minimum absolute atomic E-state index is 0.604. The van der Waals surface area contributed by atoms with Crippen molar-refractivity contribution < 1.29 is 0 Å². The fourth-order valence-corrected chi connectivity index (χ4v) is 2.24. The van der Waals surface area contributed by atoms with Gasteiger partial charge in [0.2, 0.25) is 0 Å². The second-order valence-electron chi connectivity index (χ2n) is 5.74. The summed E-state index contributed by atoms with van der Waals surface area (Å²) in [6, 6.07) is 8.78. The lowest BCUT2D eigenvalue weighted by Gasteiger charge is -2.25. The van der Waals surface area contributed by atoms with E-state index in [0.717, 1.165) is 26.1 Å². The van der Waals surface area contributed by atoms with Gasteiger partial charge in [-0.2, -0.15) is 0 Å². The van der Waals surface area contributed by atoms with E-state index < -0.39 is 0 Å². The molecular weight excluding hydrogens is 220 g/mol. The largest absolute Gasteiger partial charge is 0.330 e. The van der Waals surface area contributed by atoms with Crippen LogP contribution in [0.1, 0.15) is 25.0 Å². The van der Waals surface area contributed by atoms with Gasteiger partial charge in [-0.05, 0) is 44.3 Å². The second kappa shape index (κ2) is 7.55. The van der Waals surface area contributed by atoms with Gasteiger partial charge in [0.15, 0.2) is 0 Å². The first-order valence-corrected chi connectivity index (χ1v) is 6.97. The van der Waals surface area contributed by atoms with Crippen LogP contribution in [0.15, 0.2) is 24.3 Å². The Hall–Kier alpha value is -0.860. The summed E-state index contributed by atoms with van der Waals surface area (Å²) in [5.41, 5.74) is 8.59. The molecule has 0 amide bonds. The maximum Gasteiger partial charge on any atom is 0.00212 e. The van der Waals surface area contributed by atoms with Crippen molar-refractivity contribution in [2.45, 2.75) is 27.2 Å².